The molecule has 4 heteroatoms. The molecule has 1 unspecified atom stereocenters. The number of aryl methyl sites for hydroxylation is 2. The lowest BCUT2D eigenvalue weighted by molar-refractivity contribution is 0.269. The van der Waals surface area contributed by atoms with Crippen molar-refractivity contribution in [1.29, 1.82) is 0 Å². The van der Waals surface area contributed by atoms with Crippen LogP contribution in [0.3, 0.4) is 0 Å². The van der Waals surface area contributed by atoms with Crippen LogP contribution in [-0.2, 0) is 19.4 Å². The molecule has 4 nitrogen and oxygen atoms in total. The van der Waals surface area contributed by atoms with Crippen molar-refractivity contribution in [2.75, 3.05) is 6.61 Å². The van der Waals surface area contributed by atoms with Gasteiger partial charge in [-0.15, -0.1) is 0 Å². The molecule has 1 aromatic heterocycles. The molecule has 1 aromatic rings. The van der Waals surface area contributed by atoms with Gasteiger partial charge in [0.1, 0.15) is 5.82 Å². The van der Waals surface area contributed by atoms with E-state index < -0.39 is 0 Å². The van der Waals surface area contributed by atoms with Crippen LogP contribution in [0.4, 0.5) is 0 Å². The molecular weight excluding hydrogens is 202 g/mol. The van der Waals surface area contributed by atoms with Crippen molar-refractivity contribution in [3.8, 4) is 0 Å². The maximum atomic E-state index is 8.87. The molecule has 0 amide bonds. The third-order valence-electron chi connectivity index (χ3n) is 3.34. The molecule has 1 aliphatic carbocycles. The average Bonchev–Trinajstić information content (AvgIpc) is 2.56. The number of hydrogen-bond donors (Lipinski definition) is 2. The van der Waals surface area contributed by atoms with E-state index in [2.05, 4.69) is 9.55 Å². The minimum atomic E-state index is 0.0314. The van der Waals surface area contributed by atoms with E-state index in [1.807, 2.05) is 6.92 Å². The van der Waals surface area contributed by atoms with Gasteiger partial charge in [-0.3, -0.25) is 0 Å². The fraction of sp³-hybridized carbons (Fsp3) is 0.750. The lowest BCUT2D eigenvalue weighted by atomic mass is 10.0. The number of aromatic nitrogens is 2. The topological polar surface area (TPSA) is 64.1 Å². The van der Waals surface area contributed by atoms with Crippen LogP contribution >= 0.6 is 0 Å². The summed E-state index contributed by atoms with van der Waals surface area (Å²) in [4.78, 5) is 4.61. The normalized spacial score (nSPS) is 17.2. The SMILES string of the molecule is Cc1nc2c(n1CC(N)CCO)CCCC2. The van der Waals surface area contributed by atoms with Crippen molar-refractivity contribution in [3.05, 3.63) is 17.2 Å². The van der Waals surface area contributed by atoms with Gasteiger partial charge < -0.3 is 15.4 Å². The van der Waals surface area contributed by atoms with Gasteiger partial charge in [-0.1, -0.05) is 0 Å². The molecule has 1 aliphatic rings. The molecule has 3 N–H and O–H groups in total. The molecule has 90 valence electrons. The highest BCUT2D eigenvalue weighted by molar-refractivity contribution is 5.20. The molecule has 1 heterocycles. The van der Waals surface area contributed by atoms with Gasteiger partial charge >= 0.3 is 0 Å². The molecule has 0 radical (unpaired) electrons. The second-order valence-corrected chi connectivity index (χ2v) is 4.64. The summed E-state index contributed by atoms with van der Waals surface area (Å²) >= 11 is 0. The van der Waals surface area contributed by atoms with Crippen molar-refractivity contribution in [2.45, 2.75) is 51.6 Å². The zero-order chi connectivity index (χ0) is 11.5. The molecule has 1 atom stereocenters. The first-order valence-electron chi connectivity index (χ1n) is 6.13. The summed E-state index contributed by atoms with van der Waals surface area (Å²) < 4.78 is 2.24. The minimum Gasteiger partial charge on any atom is -0.396 e. The molecule has 2 rings (SSSR count). The molecule has 0 aromatic carbocycles. The van der Waals surface area contributed by atoms with Gasteiger partial charge in [0.05, 0.1) is 5.69 Å². The van der Waals surface area contributed by atoms with Gasteiger partial charge in [0, 0.05) is 24.9 Å². The molecule has 0 saturated carbocycles. The van der Waals surface area contributed by atoms with Crippen LogP contribution in [0.1, 0.15) is 36.5 Å². The number of rotatable bonds is 4. The van der Waals surface area contributed by atoms with Crippen LogP contribution in [0.25, 0.3) is 0 Å². The Hall–Kier alpha value is -0.870. The number of aliphatic hydroxyl groups excluding tert-OH is 1. The van der Waals surface area contributed by atoms with E-state index in [0.29, 0.717) is 6.42 Å². The Labute approximate surface area is 96.5 Å². The Kier molecular flexibility index (Phi) is 3.61. The Morgan fingerprint density at radius 3 is 2.94 bits per heavy atom. The van der Waals surface area contributed by atoms with Crippen molar-refractivity contribution in [3.63, 3.8) is 0 Å². The molecule has 0 aliphatic heterocycles. The highest BCUT2D eigenvalue weighted by Crippen LogP contribution is 2.22. The molecule has 0 fully saturated rings. The molecule has 0 bridgehead atoms. The van der Waals surface area contributed by atoms with E-state index in [0.717, 1.165) is 25.2 Å². The Bertz CT molecular complexity index is 359. The van der Waals surface area contributed by atoms with Crippen molar-refractivity contribution < 1.29 is 5.11 Å². The number of nitrogens with zero attached hydrogens (tertiary/aromatic N) is 2. The second-order valence-electron chi connectivity index (χ2n) is 4.64. The van der Waals surface area contributed by atoms with Crippen LogP contribution < -0.4 is 5.73 Å². The fourth-order valence-corrected chi connectivity index (χ4v) is 2.47. The van der Waals surface area contributed by atoms with Gasteiger partial charge in [-0.05, 0) is 39.0 Å². The van der Waals surface area contributed by atoms with Crippen LogP contribution in [-0.4, -0.2) is 27.3 Å². The monoisotopic (exact) mass is 223 g/mol. The van der Waals surface area contributed by atoms with E-state index in [-0.39, 0.29) is 12.6 Å². The lowest BCUT2D eigenvalue weighted by Crippen LogP contribution is -2.28. The predicted octanol–water partition coefficient (Wildman–Crippen LogP) is 0.780. The predicted molar refractivity (Wildman–Crippen MR) is 63.3 cm³/mol. The van der Waals surface area contributed by atoms with Gasteiger partial charge in [-0.25, -0.2) is 4.98 Å². The minimum absolute atomic E-state index is 0.0314. The summed E-state index contributed by atoms with van der Waals surface area (Å²) in [7, 11) is 0. The first-order chi connectivity index (χ1) is 7.72. The van der Waals surface area contributed by atoms with Crippen LogP contribution in [0.2, 0.25) is 0 Å². The Morgan fingerprint density at radius 2 is 2.19 bits per heavy atom. The van der Waals surface area contributed by atoms with E-state index in [1.165, 1.54) is 24.2 Å². The second kappa shape index (κ2) is 4.97. The maximum Gasteiger partial charge on any atom is 0.106 e. The number of fused-ring (bicyclic) bond motifs is 1. The van der Waals surface area contributed by atoms with Crippen molar-refractivity contribution in [2.24, 2.45) is 5.73 Å². The van der Waals surface area contributed by atoms with Crippen LogP contribution in [0, 0.1) is 6.92 Å². The number of imidazole rings is 1. The van der Waals surface area contributed by atoms with Crippen molar-refractivity contribution >= 4 is 0 Å². The van der Waals surface area contributed by atoms with E-state index in [1.54, 1.807) is 0 Å². The summed E-state index contributed by atoms with van der Waals surface area (Å²) in [6.07, 6.45) is 5.41. The van der Waals surface area contributed by atoms with Gasteiger partial charge in [0.15, 0.2) is 0 Å². The zero-order valence-electron chi connectivity index (χ0n) is 9.95. The van der Waals surface area contributed by atoms with E-state index in [9.17, 15) is 0 Å². The third-order valence-corrected chi connectivity index (χ3v) is 3.34. The van der Waals surface area contributed by atoms with Gasteiger partial charge in [-0.2, -0.15) is 0 Å². The summed E-state index contributed by atoms with van der Waals surface area (Å²) in [6, 6.07) is 0.0314. The van der Waals surface area contributed by atoms with Crippen molar-refractivity contribution in [1.82, 2.24) is 9.55 Å². The zero-order valence-corrected chi connectivity index (χ0v) is 9.95. The first kappa shape index (κ1) is 11.6. The number of aliphatic hydroxyl groups is 1. The molecule has 16 heavy (non-hydrogen) atoms. The largest absolute Gasteiger partial charge is 0.396 e. The van der Waals surface area contributed by atoms with Gasteiger partial charge in [0.25, 0.3) is 0 Å². The third kappa shape index (κ3) is 2.28. The van der Waals surface area contributed by atoms with E-state index >= 15 is 0 Å². The van der Waals surface area contributed by atoms with Gasteiger partial charge in [0.2, 0.25) is 0 Å². The molecule has 0 spiro atoms. The first-order valence-corrected chi connectivity index (χ1v) is 6.13. The Balaban J connectivity index is 2.16. The average molecular weight is 223 g/mol. The highest BCUT2D eigenvalue weighted by atomic mass is 16.3. The lowest BCUT2D eigenvalue weighted by Gasteiger charge is -2.17. The number of hydrogen-bond acceptors (Lipinski definition) is 3. The maximum absolute atomic E-state index is 8.87. The summed E-state index contributed by atoms with van der Waals surface area (Å²) in [5.74, 6) is 1.07. The van der Waals surface area contributed by atoms with Crippen LogP contribution in [0.15, 0.2) is 0 Å². The fourth-order valence-electron chi connectivity index (χ4n) is 2.47. The smallest absolute Gasteiger partial charge is 0.106 e. The molecule has 0 saturated heterocycles. The number of nitrogens with two attached hydrogens (primary N) is 1. The molecular formula is C12H21N3O. The Morgan fingerprint density at radius 1 is 1.44 bits per heavy atom. The summed E-state index contributed by atoms with van der Waals surface area (Å²) in [6.45, 7) is 3.00. The summed E-state index contributed by atoms with van der Waals surface area (Å²) in [5.41, 5.74) is 8.61. The highest BCUT2D eigenvalue weighted by Gasteiger charge is 2.18. The van der Waals surface area contributed by atoms with Crippen LogP contribution in [0.5, 0.6) is 0 Å². The quantitative estimate of drug-likeness (QED) is 0.793. The summed E-state index contributed by atoms with van der Waals surface area (Å²) in [5, 5.41) is 8.87. The van der Waals surface area contributed by atoms with E-state index in [4.69, 9.17) is 10.8 Å². The standard InChI is InChI=1S/C12H21N3O/c1-9-14-11-4-2-3-5-12(11)15(9)8-10(13)6-7-16/h10,16H,2-8,13H2,1H3.